The second-order valence-electron chi connectivity index (χ2n) is 3.44. The molecule has 0 N–H and O–H groups in total. The maximum Gasteiger partial charge on any atom is 0.419 e. The van der Waals surface area contributed by atoms with Crippen molar-refractivity contribution < 1.29 is 22.0 Å². The average molecular weight is 255 g/mol. The maximum absolute atomic E-state index is 13.8. The Labute approximate surface area is 99.1 Å². The summed E-state index contributed by atoms with van der Waals surface area (Å²) < 4.78 is 56.4. The van der Waals surface area contributed by atoms with Crippen molar-refractivity contribution in [3.63, 3.8) is 0 Å². The van der Waals surface area contributed by atoms with Crippen LogP contribution >= 0.6 is 0 Å². The summed E-state index contributed by atoms with van der Waals surface area (Å²) in [7, 11) is 0. The highest BCUT2D eigenvalue weighted by atomic mass is 19.4. The number of rotatable bonds is 1. The monoisotopic (exact) mass is 255 g/mol. The lowest BCUT2D eigenvalue weighted by molar-refractivity contribution is -0.139. The van der Waals surface area contributed by atoms with E-state index in [-0.39, 0.29) is 11.3 Å². The third-order valence-electron chi connectivity index (χ3n) is 2.34. The van der Waals surface area contributed by atoms with Crippen molar-refractivity contribution in [3.8, 4) is 17.4 Å². The van der Waals surface area contributed by atoms with Crippen molar-refractivity contribution in [2.45, 2.75) is 6.18 Å². The molecule has 0 aliphatic carbocycles. The minimum Gasteiger partial charge on any atom is -0.464 e. The Morgan fingerprint density at radius 2 is 1.89 bits per heavy atom. The van der Waals surface area contributed by atoms with Crippen LogP contribution in [0.5, 0.6) is 0 Å². The van der Waals surface area contributed by atoms with Gasteiger partial charge in [-0.05, 0) is 24.3 Å². The van der Waals surface area contributed by atoms with E-state index in [2.05, 4.69) is 0 Å². The highest BCUT2D eigenvalue weighted by Gasteiger charge is 2.36. The Morgan fingerprint density at radius 3 is 2.39 bits per heavy atom. The molecular weight excluding hydrogens is 250 g/mol. The van der Waals surface area contributed by atoms with Crippen LogP contribution in [-0.2, 0) is 6.18 Å². The molecule has 0 atom stereocenters. The van der Waals surface area contributed by atoms with Gasteiger partial charge in [0.25, 0.3) is 0 Å². The van der Waals surface area contributed by atoms with E-state index in [9.17, 15) is 17.6 Å². The summed E-state index contributed by atoms with van der Waals surface area (Å²) in [5, 5.41) is 8.80. The maximum atomic E-state index is 13.8. The second kappa shape index (κ2) is 4.18. The molecule has 2 aromatic rings. The SMILES string of the molecule is N#Cc1ccc(C(F)(F)F)c(F)c1-c1ccco1. The first-order chi connectivity index (χ1) is 8.45. The zero-order valence-corrected chi connectivity index (χ0v) is 8.75. The molecule has 0 aliphatic rings. The Balaban J connectivity index is 2.74. The van der Waals surface area contributed by atoms with Gasteiger partial charge in [-0.2, -0.15) is 18.4 Å². The van der Waals surface area contributed by atoms with Gasteiger partial charge >= 0.3 is 6.18 Å². The summed E-state index contributed by atoms with van der Waals surface area (Å²) in [5.41, 5.74) is -2.11. The van der Waals surface area contributed by atoms with E-state index in [1.54, 1.807) is 6.07 Å². The van der Waals surface area contributed by atoms with Crippen molar-refractivity contribution in [1.29, 1.82) is 5.26 Å². The summed E-state index contributed by atoms with van der Waals surface area (Å²) in [6.07, 6.45) is -3.63. The smallest absolute Gasteiger partial charge is 0.419 e. The van der Waals surface area contributed by atoms with Gasteiger partial charge < -0.3 is 4.42 Å². The van der Waals surface area contributed by atoms with Crippen molar-refractivity contribution in [1.82, 2.24) is 0 Å². The zero-order chi connectivity index (χ0) is 13.3. The van der Waals surface area contributed by atoms with Gasteiger partial charge in [-0.25, -0.2) is 4.39 Å². The molecule has 6 heteroatoms. The molecule has 0 unspecified atom stereocenters. The summed E-state index contributed by atoms with van der Waals surface area (Å²) in [6.45, 7) is 0. The van der Waals surface area contributed by atoms with Gasteiger partial charge in [0.05, 0.1) is 29.0 Å². The Bertz CT molecular complexity index is 608. The largest absolute Gasteiger partial charge is 0.464 e. The molecule has 0 saturated heterocycles. The first kappa shape index (κ1) is 12.2. The number of benzene rings is 1. The topological polar surface area (TPSA) is 36.9 Å². The predicted molar refractivity (Wildman–Crippen MR) is 53.8 cm³/mol. The van der Waals surface area contributed by atoms with Crippen LogP contribution in [0.25, 0.3) is 11.3 Å². The van der Waals surface area contributed by atoms with E-state index < -0.39 is 23.1 Å². The zero-order valence-electron chi connectivity index (χ0n) is 8.75. The lowest BCUT2D eigenvalue weighted by atomic mass is 10.0. The number of halogens is 4. The number of alkyl halides is 3. The molecule has 1 aromatic heterocycles. The number of hydrogen-bond donors (Lipinski definition) is 0. The number of nitriles is 1. The standard InChI is InChI=1S/C12H5F4NO/c13-11-8(12(14,15)16)4-3-7(6-17)10(11)9-2-1-5-18-9/h1-5H. The van der Waals surface area contributed by atoms with Gasteiger partial charge in [-0.15, -0.1) is 0 Å². The van der Waals surface area contributed by atoms with Crippen molar-refractivity contribution in [2.24, 2.45) is 0 Å². The molecular formula is C12H5F4NO. The fourth-order valence-corrected chi connectivity index (χ4v) is 1.55. The summed E-state index contributed by atoms with van der Waals surface area (Å²) >= 11 is 0. The minimum absolute atomic E-state index is 0.116. The van der Waals surface area contributed by atoms with Crippen LogP contribution in [-0.4, -0.2) is 0 Å². The van der Waals surface area contributed by atoms with E-state index in [0.29, 0.717) is 6.07 Å². The van der Waals surface area contributed by atoms with Crippen molar-refractivity contribution >= 4 is 0 Å². The Hall–Kier alpha value is -2.29. The summed E-state index contributed by atoms with van der Waals surface area (Å²) in [5.74, 6) is -1.62. The van der Waals surface area contributed by atoms with Crippen molar-refractivity contribution in [3.05, 3.63) is 47.5 Å². The number of furan rings is 1. The molecule has 0 radical (unpaired) electrons. The Kier molecular flexibility index (Phi) is 2.83. The number of nitrogens with zero attached hydrogens (tertiary/aromatic N) is 1. The van der Waals surface area contributed by atoms with Gasteiger partial charge in [-0.3, -0.25) is 0 Å². The van der Waals surface area contributed by atoms with Gasteiger partial charge in [-0.1, -0.05) is 0 Å². The molecule has 1 heterocycles. The quantitative estimate of drug-likeness (QED) is 0.723. The summed E-state index contributed by atoms with van der Waals surface area (Å²) in [6, 6.07) is 5.79. The molecule has 0 bridgehead atoms. The van der Waals surface area contributed by atoms with Crippen LogP contribution in [0.2, 0.25) is 0 Å². The predicted octanol–water partition coefficient (Wildman–Crippen LogP) is 3.98. The normalized spacial score (nSPS) is 11.3. The van der Waals surface area contributed by atoms with E-state index in [4.69, 9.17) is 9.68 Å². The first-order valence-electron chi connectivity index (χ1n) is 4.79. The molecule has 0 aliphatic heterocycles. The van der Waals surface area contributed by atoms with Crippen LogP contribution in [0.1, 0.15) is 11.1 Å². The lowest BCUT2D eigenvalue weighted by Gasteiger charge is -2.11. The molecule has 0 saturated carbocycles. The summed E-state index contributed by atoms with van der Waals surface area (Å²) in [4.78, 5) is 0. The van der Waals surface area contributed by atoms with Crippen LogP contribution in [0.15, 0.2) is 34.9 Å². The van der Waals surface area contributed by atoms with E-state index in [1.807, 2.05) is 0 Å². The third-order valence-corrected chi connectivity index (χ3v) is 2.34. The van der Waals surface area contributed by atoms with Crippen LogP contribution in [0, 0.1) is 17.1 Å². The average Bonchev–Trinajstić information content (AvgIpc) is 2.79. The first-order valence-corrected chi connectivity index (χ1v) is 4.79. The third kappa shape index (κ3) is 1.95. The minimum atomic E-state index is -4.82. The van der Waals surface area contributed by atoms with Crippen LogP contribution in [0.3, 0.4) is 0 Å². The van der Waals surface area contributed by atoms with Crippen LogP contribution < -0.4 is 0 Å². The van der Waals surface area contributed by atoms with E-state index in [1.165, 1.54) is 18.4 Å². The number of hydrogen-bond acceptors (Lipinski definition) is 2. The molecule has 0 spiro atoms. The molecule has 0 fully saturated rings. The van der Waals surface area contributed by atoms with Gasteiger partial charge in [0.2, 0.25) is 0 Å². The second-order valence-corrected chi connectivity index (χ2v) is 3.44. The van der Waals surface area contributed by atoms with E-state index in [0.717, 1.165) is 6.07 Å². The van der Waals surface area contributed by atoms with Crippen molar-refractivity contribution in [2.75, 3.05) is 0 Å². The Morgan fingerprint density at radius 1 is 1.17 bits per heavy atom. The van der Waals surface area contributed by atoms with Gasteiger partial charge in [0.15, 0.2) is 0 Å². The molecule has 18 heavy (non-hydrogen) atoms. The molecule has 2 rings (SSSR count). The highest BCUT2D eigenvalue weighted by molar-refractivity contribution is 5.68. The van der Waals surface area contributed by atoms with E-state index >= 15 is 0 Å². The molecule has 0 amide bonds. The van der Waals surface area contributed by atoms with Gasteiger partial charge in [0.1, 0.15) is 11.6 Å². The molecule has 2 nitrogen and oxygen atoms in total. The molecule has 92 valence electrons. The van der Waals surface area contributed by atoms with Crippen LogP contribution in [0.4, 0.5) is 17.6 Å². The lowest BCUT2D eigenvalue weighted by Crippen LogP contribution is -2.09. The molecule has 1 aromatic carbocycles. The highest BCUT2D eigenvalue weighted by Crippen LogP contribution is 2.37. The fraction of sp³-hybridized carbons (Fsp3) is 0.0833. The van der Waals surface area contributed by atoms with Gasteiger partial charge in [0, 0.05) is 0 Å². The fourth-order valence-electron chi connectivity index (χ4n) is 1.55.